The van der Waals surface area contributed by atoms with Gasteiger partial charge in [0.05, 0.1) is 0 Å². The van der Waals surface area contributed by atoms with Crippen molar-refractivity contribution in [3.63, 3.8) is 0 Å². The fourth-order valence-corrected chi connectivity index (χ4v) is 0. The second-order valence-corrected chi connectivity index (χ2v) is 3.03. The van der Waals surface area contributed by atoms with E-state index >= 15 is 0 Å². The Bertz CT molecular complexity index is 294. The summed E-state index contributed by atoms with van der Waals surface area (Å²) >= 11 is -3.50. The summed E-state index contributed by atoms with van der Waals surface area (Å²) in [6.45, 7) is 0. The van der Waals surface area contributed by atoms with Crippen LogP contribution in [0.1, 0.15) is 0 Å². The Labute approximate surface area is 216 Å². The standard InChI is InChI=1S/2Al.3Ca.2H2O4S.H2O.4O/c;;;;;2*1-5(2,3)4;;;;;/h;;;;;2*(H2,1,2,3,4);1H2;;;;/q;;3*+2;;;;;;2*-1/p-4. The summed E-state index contributed by atoms with van der Waals surface area (Å²) in [6, 6.07) is 0. The first-order valence-electron chi connectivity index (χ1n) is 2.28. The van der Waals surface area contributed by atoms with Gasteiger partial charge in [0.2, 0.25) is 0 Å². The van der Waals surface area contributed by atoms with E-state index in [0.29, 0.717) is 0 Å². The molecule has 0 aliphatic carbocycles. The van der Waals surface area contributed by atoms with Gasteiger partial charge in [0, 0.05) is 20.8 Å². The summed E-state index contributed by atoms with van der Waals surface area (Å²) in [4.78, 5) is 0. The molecule has 0 spiro atoms. The van der Waals surface area contributed by atoms with Gasteiger partial charge in [-0.1, -0.05) is 0 Å². The second kappa shape index (κ2) is 34.2. The first kappa shape index (κ1) is 49.6. The van der Waals surface area contributed by atoms with Gasteiger partial charge >= 0.3 is 160 Å². The van der Waals surface area contributed by atoms with Crippen molar-refractivity contribution in [1.29, 1.82) is 0 Å². The van der Waals surface area contributed by atoms with Crippen molar-refractivity contribution in [2.75, 3.05) is 0 Å². The van der Waals surface area contributed by atoms with Gasteiger partial charge in [0.25, 0.3) is 0 Å². The van der Waals surface area contributed by atoms with Crippen LogP contribution in [0.25, 0.3) is 0 Å². The van der Waals surface area contributed by atoms with Gasteiger partial charge in [-0.2, -0.15) is 0 Å². The topological polar surface area (TPSA) is 272 Å². The van der Waals surface area contributed by atoms with E-state index in [2.05, 4.69) is 0 Å². The third kappa shape index (κ3) is 667. The third-order valence-corrected chi connectivity index (χ3v) is 0. The molecule has 2 N–H and O–H groups in total. The van der Waals surface area contributed by atoms with E-state index in [4.69, 9.17) is 51.0 Å². The Kier molecular flexibility index (Phi) is 84.6. The van der Waals surface area contributed by atoms with Crippen molar-refractivity contribution in [2.45, 2.75) is 0 Å². The van der Waals surface area contributed by atoms with Crippen molar-refractivity contribution in [2.24, 2.45) is 0 Å². The monoisotopic (exact) mass is 448 g/mol. The van der Waals surface area contributed by atoms with Gasteiger partial charge in [-0.25, -0.2) is 0 Å². The molecule has 20 heavy (non-hydrogen) atoms. The van der Waals surface area contributed by atoms with E-state index in [-0.39, 0.29) is 119 Å². The molecule has 20 heteroatoms. The van der Waals surface area contributed by atoms with Gasteiger partial charge in [-0.05, 0) is 0 Å². The minimum atomic E-state index is -5.17. The first-order valence-corrected chi connectivity index (χ1v) is 6.83. The Hall–Kier alpha value is 3.74. The van der Waals surface area contributed by atoms with Crippen LogP contribution in [0.3, 0.4) is 0 Å². The van der Waals surface area contributed by atoms with Crippen molar-refractivity contribution in [1.82, 2.24) is 0 Å². The molecule has 104 valence electrons. The van der Waals surface area contributed by atoms with Crippen LogP contribution < -0.4 is 8.32 Å². The quantitative estimate of drug-likeness (QED) is 0.190. The summed E-state index contributed by atoms with van der Waals surface area (Å²) in [6.07, 6.45) is 0. The van der Waals surface area contributed by atoms with Gasteiger partial charge < -0.3 is 23.7 Å². The summed E-state index contributed by atoms with van der Waals surface area (Å²) < 4.78 is 102. The average Bonchev–Trinajstić information content (AvgIpc) is 1.79. The summed E-state index contributed by atoms with van der Waals surface area (Å²) in [5.74, 6) is 0. The summed E-state index contributed by atoms with van der Waals surface area (Å²) in [7, 11) is -10.3. The molecular formula is H2Al2Ca3O13S2. The molecule has 0 saturated carbocycles. The van der Waals surface area contributed by atoms with Crippen LogP contribution in [0.15, 0.2) is 0 Å². The van der Waals surface area contributed by atoms with Crippen LogP contribution in [0.2, 0.25) is 0 Å². The number of hydrogen-bond acceptors (Lipinski definition) is 12. The molecule has 0 amide bonds. The van der Waals surface area contributed by atoms with Gasteiger partial charge in [0.1, 0.15) is 0 Å². The summed E-state index contributed by atoms with van der Waals surface area (Å²) in [5, 5.41) is 0. The number of rotatable bonds is 0. The van der Waals surface area contributed by atoms with E-state index in [1.807, 2.05) is 0 Å². The Morgan fingerprint density at radius 1 is 0.600 bits per heavy atom. The van der Waals surface area contributed by atoms with Crippen molar-refractivity contribution in [3.8, 4) is 0 Å². The molecule has 0 bridgehead atoms. The van der Waals surface area contributed by atoms with Crippen LogP contribution >= 0.6 is 0 Å². The number of hydrogen-bond donors (Lipinski definition) is 0. The Balaban J connectivity index is -0.0000000154. The fraction of sp³-hybridized carbons (Fsp3) is 0. The van der Waals surface area contributed by atoms with Gasteiger partial charge in [-0.3, -0.25) is 16.8 Å². The second-order valence-electron chi connectivity index (χ2n) is 1.01. The zero-order valence-electron chi connectivity index (χ0n) is 9.49. The van der Waals surface area contributed by atoms with Crippen LogP contribution in [0.5, 0.6) is 0 Å². The van der Waals surface area contributed by atoms with Crippen LogP contribution in [0.4, 0.5) is 0 Å². The normalized spacial score (nSPS) is 6.60. The maximum absolute atomic E-state index is 8.52. The predicted octanol–water partition coefficient (Wildman–Crippen LogP) is -8.02. The molecule has 0 rings (SSSR count). The molecule has 0 atom stereocenters. The van der Waals surface area contributed by atoms with E-state index in [1.165, 1.54) is 0 Å². The maximum atomic E-state index is 8.52. The van der Waals surface area contributed by atoms with Crippen LogP contribution in [-0.4, -0.2) is 185 Å². The Morgan fingerprint density at radius 2 is 0.600 bits per heavy atom. The molecule has 0 fully saturated rings. The van der Waals surface area contributed by atoms with E-state index in [1.54, 1.807) is 0 Å². The molecule has 0 heterocycles. The predicted molar refractivity (Wildman–Crippen MR) is 54.7 cm³/mol. The zero-order valence-corrected chi connectivity index (χ0v) is 20.1. The van der Waals surface area contributed by atoms with Crippen molar-refractivity contribution < 1.29 is 56.4 Å². The average molecular weight is 448 g/mol. The molecule has 0 radical (unpaired) electrons. The molecule has 13 nitrogen and oxygen atoms in total. The molecular weight excluding hydrogens is 446 g/mol. The van der Waals surface area contributed by atoms with Gasteiger partial charge in [-0.15, -0.1) is 0 Å². The SMILES string of the molecule is O.O=S(=O)([O-])[O-].O=S(=O)([O-])[O-].[Ca+2].[Ca+2].[Ca+2].[O]=[Al][O-].[O]=[Al][O-]. The fourth-order valence-electron chi connectivity index (χ4n) is 0. The molecule has 0 aromatic rings. The van der Waals surface area contributed by atoms with E-state index < -0.39 is 51.8 Å². The molecule has 0 aromatic carbocycles. The molecule has 0 aliphatic heterocycles. The van der Waals surface area contributed by atoms with Gasteiger partial charge in [0.15, 0.2) is 0 Å². The van der Waals surface area contributed by atoms with Crippen molar-refractivity contribution >= 4 is 165 Å². The van der Waals surface area contributed by atoms with E-state index in [9.17, 15) is 0 Å². The zero-order chi connectivity index (χ0) is 14.4. The molecule has 0 unspecified atom stereocenters. The molecule has 0 saturated heterocycles. The van der Waals surface area contributed by atoms with Crippen LogP contribution in [0, 0.1) is 0 Å². The minimum absolute atomic E-state index is 0. The third-order valence-electron chi connectivity index (χ3n) is 0. The van der Waals surface area contributed by atoms with Crippen LogP contribution in [-0.2, 0) is 28.4 Å². The summed E-state index contributed by atoms with van der Waals surface area (Å²) in [5.41, 5.74) is 0. The molecule has 0 aliphatic rings. The molecule has 0 aromatic heterocycles. The van der Waals surface area contributed by atoms with E-state index in [0.717, 1.165) is 0 Å². The van der Waals surface area contributed by atoms with Crippen molar-refractivity contribution in [3.05, 3.63) is 0 Å². The first-order chi connectivity index (χ1) is 6.83. The Morgan fingerprint density at radius 3 is 0.600 bits per heavy atom.